The second-order valence-corrected chi connectivity index (χ2v) is 8.33. The van der Waals surface area contributed by atoms with Crippen LogP contribution in [0.5, 0.6) is 0 Å². The number of rotatable bonds is 6. The molecular formula is C23H31FN4O. The van der Waals surface area contributed by atoms with Crippen LogP contribution in [0.15, 0.2) is 30.3 Å². The maximum atomic E-state index is 14.0. The second kappa shape index (κ2) is 9.35. The quantitative estimate of drug-likeness (QED) is 0.808. The minimum atomic E-state index is -0.161. The molecule has 1 aliphatic rings. The molecule has 2 heterocycles. The average molecular weight is 399 g/mol. The van der Waals surface area contributed by atoms with Crippen molar-refractivity contribution >= 4 is 11.7 Å². The summed E-state index contributed by atoms with van der Waals surface area (Å²) in [5, 5.41) is 3.36. The van der Waals surface area contributed by atoms with E-state index in [1.807, 2.05) is 18.2 Å². The molecule has 1 N–H and O–H groups in total. The van der Waals surface area contributed by atoms with E-state index < -0.39 is 0 Å². The van der Waals surface area contributed by atoms with Gasteiger partial charge in [0.1, 0.15) is 11.6 Å². The molecule has 1 amide bonds. The van der Waals surface area contributed by atoms with Crippen molar-refractivity contribution in [3.05, 3.63) is 58.5 Å². The topological polar surface area (TPSA) is 48.5 Å². The normalized spacial score (nSPS) is 14.4. The molecule has 1 aromatic carbocycles. The Bertz CT molecular complexity index is 866. The third-order valence-electron chi connectivity index (χ3n) is 5.22. The smallest absolute Gasteiger partial charge is 0.257 e. The minimum absolute atomic E-state index is 0.0426. The number of benzene rings is 1. The number of pyridine rings is 1. The maximum absolute atomic E-state index is 14.0. The fourth-order valence-corrected chi connectivity index (χ4v) is 3.55. The van der Waals surface area contributed by atoms with Crippen molar-refractivity contribution in [3.8, 4) is 0 Å². The molecule has 0 bridgehead atoms. The SMILES string of the molecule is CC(C)CNc1nc2c(cc1C(=O)N(C)C)CCN(Cc1ccccc1F)CC2. The molecule has 156 valence electrons. The monoisotopic (exact) mass is 398 g/mol. The van der Waals surface area contributed by atoms with Gasteiger partial charge >= 0.3 is 0 Å². The molecule has 0 unspecified atom stereocenters. The third-order valence-corrected chi connectivity index (χ3v) is 5.22. The highest BCUT2D eigenvalue weighted by Gasteiger charge is 2.22. The standard InChI is InChI=1S/C23H31FN4O/c1-16(2)14-25-22-19(23(29)27(3)4)13-17-9-11-28(12-10-21(17)26-22)15-18-7-5-6-8-20(18)24/h5-8,13,16H,9-12,14-15H2,1-4H3,(H,25,26). The van der Waals surface area contributed by atoms with E-state index in [9.17, 15) is 9.18 Å². The number of hydrogen-bond donors (Lipinski definition) is 1. The van der Waals surface area contributed by atoms with Crippen LogP contribution in [0.3, 0.4) is 0 Å². The molecule has 29 heavy (non-hydrogen) atoms. The Kier molecular flexibility index (Phi) is 6.85. The molecule has 5 nitrogen and oxygen atoms in total. The Morgan fingerprint density at radius 3 is 2.66 bits per heavy atom. The summed E-state index contributed by atoms with van der Waals surface area (Å²) in [4.78, 5) is 21.4. The Labute approximate surface area is 172 Å². The van der Waals surface area contributed by atoms with E-state index in [1.54, 1.807) is 25.1 Å². The van der Waals surface area contributed by atoms with Gasteiger partial charge in [0.15, 0.2) is 0 Å². The average Bonchev–Trinajstić information content (AvgIpc) is 2.88. The number of carbonyl (C=O) groups excluding carboxylic acids is 1. The molecule has 0 radical (unpaired) electrons. The van der Waals surface area contributed by atoms with Gasteiger partial charge in [-0.3, -0.25) is 9.69 Å². The number of aromatic nitrogens is 1. The van der Waals surface area contributed by atoms with Crippen LogP contribution in [0.1, 0.15) is 41.0 Å². The fourth-order valence-electron chi connectivity index (χ4n) is 3.55. The Balaban J connectivity index is 1.82. The van der Waals surface area contributed by atoms with Crippen molar-refractivity contribution < 1.29 is 9.18 Å². The summed E-state index contributed by atoms with van der Waals surface area (Å²) in [5.41, 5.74) is 3.48. The molecule has 3 rings (SSSR count). The second-order valence-electron chi connectivity index (χ2n) is 8.33. The minimum Gasteiger partial charge on any atom is -0.369 e. The molecular weight excluding hydrogens is 367 g/mol. The zero-order valence-corrected chi connectivity index (χ0v) is 17.8. The number of nitrogens with zero attached hydrogens (tertiary/aromatic N) is 3. The van der Waals surface area contributed by atoms with E-state index in [0.717, 1.165) is 43.7 Å². The van der Waals surface area contributed by atoms with Gasteiger partial charge in [0.05, 0.1) is 5.56 Å². The van der Waals surface area contributed by atoms with Gasteiger partial charge in [0, 0.05) is 58.0 Å². The highest BCUT2D eigenvalue weighted by atomic mass is 19.1. The summed E-state index contributed by atoms with van der Waals surface area (Å²) in [6.45, 7) is 7.24. The summed E-state index contributed by atoms with van der Waals surface area (Å²) in [7, 11) is 3.52. The molecule has 2 aromatic rings. The van der Waals surface area contributed by atoms with E-state index in [4.69, 9.17) is 4.98 Å². The number of nitrogens with one attached hydrogen (secondary N) is 1. The van der Waals surface area contributed by atoms with E-state index in [-0.39, 0.29) is 11.7 Å². The molecule has 0 saturated heterocycles. The van der Waals surface area contributed by atoms with Crippen LogP contribution in [0.4, 0.5) is 10.2 Å². The highest BCUT2D eigenvalue weighted by molar-refractivity contribution is 5.98. The summed E-state index contributed by atoms with van der Waals surface area (Å²) in [6.07, 6.45) is 1.59. The predicted octanol–water partition coefficient (Wildman–Crippen LogP) is 3.59. The van der Waals surface area contributed by atoms with Crippen molar-refractivity contribution in [2.24, 2.45) is 5.92 Å². The van der Waals surface area contributed by atoms with E-state index in [0.29, 0.717) is 29.4 Å². The van der Waals surface area contributed by atoms with Crippen LogP contribution in [0.2, 0.25) is 0 Å². The molecule has 0 saturated carbocycles. The van der Waals surface area contributed by atoms with Gasteiger partial charge in [0.2, 0.25) is 0 Å². The number of anilines is 1. The van der Waals surface area contributed by atoms with Crippen LogP contribution in [-0.4, -0.2) is 54.4 Å². The molecule has 1 aliphatic heterocycles. The van der Waals surface area contributed by atoms with Crippen molar-refractivity contribution in [2.75, 3.05) is 39.0 Å². The Morgan fingerprint density at radius 1 is 1.24 bits per heavy atom. The van der Waals surface area contributed by atoms with E-state index in [1.165, 1.54) is 6.07 Å². The summed E-state index contributed by atoms with van der Waals surface area (Å²) >= 11 is 0. The molecule has 1 aromatic heterocycles. The van der Waals surface area contributed by atoms with E-state index >= 15 is 0 Å². The Morgan fingerprint density at radius 2 is 1.97 bits per heavy atom. The number of amides is 1. The molecule has 0 aliphatic carbocycles. The van der Waals surface area contributed by atoms with Crippen LogP contribution in [0.25, 0.3) is 0 Å². The lowest BCUT2D eigenvalue weighted by Crippen LogP contribution is -2.26. The van der Waals surface area contributed by atoms with Crippen LogP contribution < -0.4 is 5.32 Å². The third kappa shape index (κ3) is 5.32. The van der Waals surface area contributed by atoms with Gasteiger partial charge in [-0.1, -0.05) is 32.0 Å². The molecule has 0 atom stereocenters. The van der Waals surface area contributed by atoms with Gasteiger partial charge in [0.25, 0.3) is 5.91 Å². The molecule has 6 heteroatoms. The number of hydrogen-bond acceptors (Lipinski definition) is 4. The zero-order valence-electron chi connectivity index (χ0n) is 17.8. The van der Waals surface area contributed by atoms with Gasteiger partial charge in [-0.15, -0.1) is 0 Å². The van der Waals surface area contributed by atoms with Crippen molar-refractivity contribution in [1.82, 2.24) is 14.8 Å². The van der Waals surface area contributed by atoms with Crippen molar-refractivity contribution in [3.63, 3.8) is 0 Å². The lowest BCUT2D eigenvalue weighted by molar-refractivity contribution is 0.0828. The van der Waals surface area contributed by atoms with Crippen LogP contribution >= 0.6 is 0 Å². The summed E-state index contributed by atoms with van der Waals surface area (Å²) < 4.78 is 14.0. The van der Waals surface area contributed by atoms with E-state index in [2.05, 4.69) is 24.1 Å². The Hall–Kier alpha value is -2.47. The summed E-state index contributed by atoms with van der Waals surface area (Å²) in [6, 6.07) is 8.94. The molecule has 0 fully saturated rings. The first-order valence-corrected chi connectivity index (χ1v) is 10.3. The number of fused-ring (bicyclic) bond motifs is 1. The highest BCUT2D eigenvalue weighted by Crippen LogP contribution is 2.24. The van der Waals surface area contributed by atoms with Crippen LogP contribution in [0, 0.1) is 11.7 Å². The zero-order chi connectivity index (χ0) is 21.0. The maximum Gasteiger partial charge on any atom is 0.257 e. The summed E-state index contributed by atoms with van der Waals surface area (Å²) in [5.74, 6) is 0.915. The number of carbonyl (C=O) groups is 1. The van der Waals surface area contributed by atoms with Gasteiger partial charge < -0.3 is 10.2 Å². The van der Waals surface area contributed by atoms with Crippen LogP contribution in [-0.2, 0) is 19.4 Å². The largest absolute Gasteiger partial charge is 0.369 e. The van der Waals surface area contributed by atoms with Gasteiger partial charge in [-0.2, -0.15) is 0 Å². The first-order chi connectivity index (χ1) is 13.8. The van der Waals surface area contributed by atoms with Crippen molar-refractivity contribution in [1.29, 1.82) is 0 Å². The lowest BCUT2D eigenvalue weighted by atomic mass is 10.0. The first kappa shape index (κ1) is 21.2. The lowest BCUT2D eigenvalue weighted by Gasteiger charge is -2.19. The van der Waals surface area contributed by atoms with Crippen molar-refractivity contribution in [2.45, 2.75) is 33.2 Å². The predicted molar refractivity (Wildman–Crippen MR) is 115 cm³/mol. The fraction of sp³-hybridized carbons (Fsp3) is 0.478. The first-order valence-electron chi connectivity index (χ1n) is 10.3. The van der Waals surface area contributed by atoms with Gasteiger partial charge in [-0.25, -0.2) is 9.37 Å². The molecule has 0 spiro atoms. The number of halogens is 1. The van der Waals surface area contributed by atoms with Gasteiger partial charge in [-0.05, 0) is 30.0 Å².